The number of rotatable bonds is 3. The van der Waals surface area contributed by atoms with Gasteiger partial charge in [-0.25, -0.2) is 0 Å². The topological polar surface area (TPSA) is 40.5 Å². The van der Waals surface area contributed by atoms with Crippen LogP contribution in [-0.2, 0) is 16.1 Å². The minimum Gasteiger partial charge on any atom is -0.497 e. The second kappa shape index (κ2) is 7.13. The molecule has 1 aromatic heterocycles. The number of hydrogen-bond acceptors (Lipinski definition) is 3. The summed E-state index contributed by atoms with van der Waals surface area (Å²) in [5.41, 5.74) is 7.36. The molecule has 2 aromatic carbocycles. The zero-order chi connectivity index (χ0) is 22.0. The number of aryl methyl sites for hydroxylation is 1. The second-order valence-corrected chi connectivity index (χ2v) is 10.1. The van der Waals surface area contributed by atoms with Gasteiger partial charge in [-0.2, -0.15) is 0 Å². The maximum Gasteiger partial charge on any atom is 0.314 e. The lowest BCUT2D eigenvalue weighted by atomic mass is 9.81. The van der Waals surface area contributed by atoms with Gasteiger partial charge in [0.1, 0.15) is 5.75 Å². The van der Waals surface area contributed by atoms with Gasteiger partial charge in [0, 0.05) is 28.9 Å². The summed E-state index contributed by atoms with van der Waals surface area (Å²) in [5.74, 6) is 1.52. The van der Waals surface area contributed by atoms with Crippen LogP contribution in [0.15, 0.2) is 36.4 Å². The zero-order valence-electron chi connectivity index (χ0n) is 19.2. The van der Waals surface area contributed by atoms with Crippen molar-refractivity contribution in [2.24, 2.45) is 5.41 Å². The number of hydrogen-bond donors (Lipinski definition) is 0. The highest BCUT2D eigenvalue weighted by Gasteiger charge is 2.63. The highest BCUT2D eigenvalue weighted by Crippen LogP contribution is 2.65. The number of carbonyl (C=O) groups excluding carboxylic acids is 1. The number of aromatic nitrogens is 1. The number of nitrogens with zero attached hydrogens (tertiary/aromatic N) is 1. The first-order chi connectivity index (χ1) is 15.6. The molecule has 32 heavy (non-hydrogen) atoms. The zero-order valence-corrected chi connectivity index (χ0v) is 19.2. The molecule has 2 heterocycles. The molecule has 0 spiro atoms. The van der Waals surface area contributed by atoms with E-state index in [1.165, 1.54) is 78.1 Å². The summed E-state index contributed by atoms with van der Waals surface area (Å²) < 4.78 is 13.4. The number of benzene rings is 2. The Morgan fingerprint density at radius 2 is 1.88 bits per heavy atom. The van der Waals surface area contributed by atoms with Crippen molar-refractivity contribution < 1.29 is 14.3 Å². The third-order valence-corrected chi connectivity index (χ3v) is 8.27. The van der Waals surface area contributed by atoms with Gasteiger partial charge in [-0.3, -0.25) is 4.79 Å². The molecule has 2 fully saturated rings. The van der Waals surface area contributed by atoms with Crippen LogP contribution < -0.4 is 4.74 Å². The summed E-state index contributed by atoms with van der Waals surface area (Å²) in [5, 5.41) is 1.36. The van der Waals surface area contributed by atoms with Crippen LogP contribution in [0.1, 0.15) is 67.1 Å². The number of fused-ring (bicyclic) bond motifs is 7. The average Bonchev–Trinajstić information content (AvgIpc) is 3.50. The van der Waals surface area contributed by atoms with Crippen molar-refractivity contribution in [3.63, 3.8) is 0 Å². The number of methoxy groups -OCH3 is 2. The molecule has 0 saturated heterocycles. The maximum atomic E-state index is 13.1. The first kappa shape index (κ1) is 19.9. The minimum atomic E-state index is -0.485. The Kier molecular flexibility index (Phi) is 4.43. The van der Waals surface area contributed by atoms with E-state index < -0.39 is 5.41 Å². The molecule has 2 aliphatic carbocycles. The standard InChI is InChI=1S/C28H31NO3/c1-17-9-11-21-24(13-17)29-16-28(27(30)32-3)15-23(28)22-14-19(31-2)10-12-20(22)26(29)25(21)18-7-5-4-6-8-18/h9-14,18,23H,4-8,15-16H2,1-3H3. The molecule has 3 aliphatic rings. The lowest BCUT2D eigenvalue weighted by Gasteiger charge is -2.24. The second-order valence-electron chi connectivity index (χ2n) is 10.1. The smallest absolute Gasteiger partial charge is 0.314 e. The van der Waals surface area contributed by atoms with Crippen molar-refractivity contribution in [1.29, 1.82) is 0 Å². The van der Waals surface area contributed by atoms with Gasteiger partial charge >= 0.3 is 5.97 Å². The summed E-state index contributed by atoms with van der Waals surface area (Å²) in [6.45, 7) is 2.84. The fourth-order valence-electron chi connectivity index (χ4n) is 6.58. The summed E-state index contributed by atoms with van der Waals surface area (Å²) in [6, 6.07) is 13.3. The molecule has 0 bridgehead atoms. The first-order valence-electron chi connectivity index (χ1n) is 12.0. The van der Waals surface area contributed by atoms with Crippen LogP contribution in [0.3, 0.4) is 0 Å². The summed E-state index contributed by atoms with van der Waals surface area (Å²) in [7, 11) is 3.24. The molecule has 166 valence electrons. The van der Waals surface area contributed by atoms with E-state index in [1.54, 1.807) is 7.11 Å². The van der Waals surface area contributed by atoms with Gasteiger partial charge in [0.15, 0.2) is 0 Å². The van der Waals surface area contributed by atoms with Crippen molar-refractivity contribution in [2.45, 2.75) is 63.8 Å². The Hall–Kier alpha value is -2.75. The van der Waals surface area contributed by atoms with E-state index in [0.717, 1.165) is 12.2 Å². The van der Waals surface area contributed by atoms with Gasteiger partial charge in [0.25, 0.3) is 0 Å². The fourth-order valence-corrected chi connectivity index (χ4v) is 6.58. The highest BCUT2D eigenvalue weighted by molar-refractivity contribution is 5.95. The van der Waals surface area contributed by atoms with E-state index in [1.807, 2.05) is 0 Å². The van der Waals surface area contributed by atoms with Crippen molar-refractivity contribution in [1.82, 2.24) is 4.57 Å². The van der Waals surface area contributed by atoms with Crippen LogP contribution in [-0.4, -0.2) is 24.8 Å². The van der Waals surface area contributed by atoms with Crippen molar-refractivity contribution >= 4 is 16.9 Å². The summed E-state index contributed by atoms with van der Waals surface area (Å²) in [6.07, 6.45) is 7.27. The van der Waals surface area contributed by atoms with E-state index in [-0.39, 0.29) is 11.9 Å². The Labute approximate surface area is 189 Å². The Balaban J connectivity index is 1.68. The van der Waals surface area contributed by atoms with Crippen molar-refractivity contribution in [3.8, 4) is 17.0 Å². The van der Waals surface area contributed by atoms with E-state index in [4.69, 9.17) is 9.47 Å². The van der Waals surface area contributed by atoms with Gasteiger partial charge in [-0.15, -0.1) is 0 Å². The third kappa shape index (κ3) is 2.71. The molecule has 6 rings (SSSR count). The molecular weight excluding hydrogens is 398 g/mol. The molecule has 0 amide bonds. The Bertz CT molecular complexity index is 1230. The third-order valence-electron chi connectivity index (χ3n) is 8.27. The van der Waals surface area contributed by atoms with E-state index in [9.17, 15) is 4.79 Å². The van der Waals surface area contributed by atoms with Crippen LogP contribution >= 0.6 is 0 Å². The number of ether oxygens (including phenoxy) is 2. The van der Waals surface area contributed by atoms with Crippen LogP contribution in [0.2, 0.25) is 0 Å². The fraction of sp³-hybridized carbons (Fsp3) is 0.464. The van der Waals surface area contributed by atoms with Gasteiger partial charge in [-0.1, -0.05) is 31.4 Å². The van der Waals surface area contributed by atoms with Crippen LogP contribution in [0, 0.1) is 12.3 Å². The molecule has 4 nitrogen and oxygen atoms in total. The number of esters is 1. The highest BCUT2D eigenvalue weighted by atomic mass is 16.5. The molecule has 2 unspecified atom stereocenters. The maximum absolute atomic E-state index is 13.1. The molecular formula is C28H31NO3. The van der Waals surface area contributed by atoms with Crippen molar-refractivity contribution in [3.05, 3.63) is 53.1 Å². The predicted octanol–water partition coefficient (Wildman–Crippen LogP) is 6.33. The normalized spacial score (nSPS) is 24.3. The van der Waals surface area contributed by atoms with E-state index in [0.29, 0.717) is 12.5 Å². The lowest BCUT2D eigenvalue weighted by Crippen LogP contribution is -2.24. The minimum absolute atomic E-state index is 0.0853. The van der Waals surface area contributed by atoms with Crippen LogP contribution in [0.4, 0.5) is 0 Å². The van der Waals surface area contributed by atoms with Gasteiger partial charge in [0.05, 0.1) is 25.3 Å². The Morgan fingerprint density at radius 1 is 1.06 bits per heavy atom. The quantitative estimate of drug-likeness (QED) is 0.457. The molecule has 3 aromatic rings. The molecule has 2 atom stereocenters. The molecule has 4 heteroatoms. The Morgan fingerprint density at radius 3 is 2.62 bits per heavy atom. The van der Waals surface area contributed by atoms with Crippen LogP contribution in [0.25, 0.3) is 22.2 Å². The average molecular weight is 430 g/mol. The summed E-state index contributed by atoms with van der Waals surface area (Å²) in [4.78, 5) is 13.1. The summed E-state index contributed by atoms with van der Waals surface area (Å²) >= 11 is 0. The lowest BCUT2D eigenvalue weighted by molar-refractivity contribution is -0.147. The molecule has 2 saturated carbocycles. The van der Waals surface area contributed by atoms with E-state index in [2.05, 4.69) is 47.9 Å². The SMILES string of the molecule is COC(=O)C12CC1c1cc(OC)ccc1-c1c(C3CCCCC3)c3ccc(C)cc3n1C2. The monoisotopic (exact) mass is 429 g/mol. The molecule has 1 aliphatic heterocycles. The first-order valence-corrected chi connectivity index (χ1v) is 12.0. The van der Waals surface area contributed by atoms with Crippen molar-refractivity contribution in [2.75, 3.05) is 14.2 Å². The van der Waals surface area contributed by atoms with E-state index >= 15 is 0 Å². The number of carbonyl (C=O) groups is 1. The largest absolute Gasteiger partial charge is 0.497 e. The molecule has 0 radical (unpaired) electrons. The molecule has 0 N–H and O–H groups in total. The van der Waals surface area contributed by atoms with Gasteiger partial charge in [0.2, 0.25) is 0 Å². The van der Waals surface area contributed by atoms with Gasteiger partial charge < -0.3 is 14.0 Å². The van der Waals surface area contributed by atoms with Crippen LogP contribution in [0.5, 0.6) is 5.75 Å². The van der Waals surface area contributed by atoms with Gasteiger partial charge in [-0.05, 0) is 73.1 Å². The predicted molar refractivity (Wildman–Crippen MR) is 126 cm³/mol.